The molecule has 0 heterocycles. The van der Waals surface area contributed by atoms with Gasteiger partial charge in [-0.2, -0.15) is 0 Å². The van der Waals surface area contributed by atoms with E-state index < -0.39 is 0 Å². The van der Waals surface area contributed by atoms with Crippen LogP contribution in [-0.2, 0) is 9.47 Å². The third-order valence-electron chi connectivity index (χ3n) is 12.6. The fourth-order valence-electron chi connectivity index (χ4n) is 7.78. The summed E-state index contributed by atoms with van der Waals surface area (Å²) < 4.78 is 11.8. The molecule has 0 aromatic rings. The van der Waals surface area contributed by atoms with Crippen LogP contribution >= 0.6 is 0 Å². The number of ether oxygens (including phenoxy) is 2. The second-order valence-corrected chi connectivity index (χ2v) is 21.6. The van der Waals surface area contributed by atoms with Crippen LogP contribution in [0, 0.1) is 35.5 Å². The second-order valence-electron chi connectivity index (χ2n) is 21.6. The van der Waals surface area contributed by atoms with Crippen molar-refractivity contribution in [1.29, 1.82) is 0 Å². The summed E-state index contributed by atoms with van der Waals surface area (Å²) in [5.41, 5.74) is 8.66. The Morgan fingerprint density at radius 3 is 0.903 bits per heavy atom. The van der Waals surface area contributed by atoms with Crippen molar-refractivity contribution in [2.24, 2.45) is 35.5 Å². The summed E-state index contributed by atoms with van der Waals surface area (Å²) in [6.07, 6.45) is 42.4. The number of hydrogen-bond acceptors (Lipinski definition) is 2. The lowest BCUT2D eigenvalue weighted by atomic mass is 9.92. The molecular weight excluding hydrogens is 753 g/mol. The van der Waals surface area contributed by atoms with E-state index in [0.29, 0.717) is 13.2 Å². The van der Waals surface area contributed by atoms with Crippen molar-refractivity contribution in [3.63, 3.8) is 0 Å². The van der Waals surface area contributed by atoms with Gasteiger partial charge in [0, 0.05) is 13.2 Å². The van der Waals surface area contributed by atoms with Crippen molar-refractivity contribution in [2.75, 3.05) is 26.4 Å². The minimum Gasteiger partial charge on any atom is -0.381 e. The lowest BCUT2D eigenvalue weighted by Crippen LogP contribution is -2.07. The monoisotopic (exact) mass is 865 g/mol. The third-order valence-corrected chi connectivity index (χ3v) is 12.6. The third kappa shape index (κ3) is 49.4. The quantitative estimate of drug-likeness (QED) is 0.0455. The zero-order valence-electron chi connectivity index (χ0n) is 45.1. The summed E-state index contributed by atoms with van der Waals surface area (Å²) in [6, 6.07) is 0. The van der Waals surface area contributed by atoms with E-state index in [1.165, 1.54) is 136 Å². The maximum Gasteiger partial charge on any atom is 0.0654 e. The molecule has 2 nitrogen and oxygen atoms in total. The van der Waals surface area contributed by atoms with Crippen molar-refractivity contribution in [3.8, 4) is 0 Å². The molecule has 0 spiro atoms. The van der Waals surface area contributed by atoms with Crippen LogP contribution in [0.1, 0.15) is 252 Å². The Kier molecular flexibility index (Phi) is 43.6. The Labute approximate surface area is 391 Å². The Morgan fingerprint density at radius 2 is 0.597 bits per heavy atom. The van der Waals surface area contributed by atoms with Crippen LogP contribution in [-0.4, -0.2) is 26.4 Å². The highest BCUT2D eigenvalue weighted by molar-refractivity contribution is 5.07. The standard InChI is InChI=1S/C30H62O.C30H50O/c2*1-25(2)13-9-15-27(5)17-11-19-29(7)21-23-31-24-22-30(8)20-12-18-28(6)16-10-14-26(3)4/h25-30H,9-24H2,1-8H3;13-14,17-18,21-22H,9-12,15-16,19-20,23-24H2,1-8H3/b;27-17+,28-18+,29-21+,30-22+. The molecule has 364 valence electrons. The maximum absolute atomic E-state index is 5.98. The van der Waals surface area contributed by atoms with Crippen LogP contribution in [0.15, 0.2) is 69.9 Å². The fraction of sp³-hybridized carbons (Fsp3) is 0.800. The molecule has 0 saturated heterocycles. The molecule has 0 amide bonds. The van der Waals surface area contributed by atoms with Gasteiger partial charge in [-0.05, 0) is 155 Å². The average Bonchev–Trinajstić information content (AvgIpc) is 3.17. The first kappa shape index (κ1) is 62.4. The number of hydrogen-bond donors (Lipinski definition) is 0. The largest absolute Gasteiger partial charge is 0.381 e. The maximum atomic E-state index is 5.98. The molecule has 0 aliphatic heterocycles. The van der Waals surface area contributed by atoms with Crippen molar-refractivity contribution in [1.82, 2.24) is 0 Å². The molecule has 0 aliphatic rings. The van der Waals surface area contributed by atoms with Gasteiger partial charge in [0.1, 0.15) is 0 Å². The van der Waals surface area contributed by atoms with Gasteiger partial charge in [0.15, 0.2) is 0 Å². The highest BCUT2D eigenvalue weighted by Gasteiger charge is 2.09. The first-order chi connectivity index (χ1) is 29.4. The van der Waals surface area contributed by atoms with E-state index in [9.17, 15) is 0 Å². The van der Waals surface area contributed by atoms with Crippen molar-refractivity contribution >= 4 is 0 Å². The molecule has 0 aliphatic carbocycles. The molecular formula is C60H112O2. The van der Waals surface area contributed by atoms with Crippen molar-refractivity contribution in [2.45, 2.75) is 252 Å². The van der Waals surface area contributed by atoms with E-state index in [0.717, 1.165) is 87.2 Å². The van der Waals surface area contributed by atoms with Gasteiger partial charge in [-0.25, -0.2) is 0 Å². The zero-order chi connectivity index (χ0) is 47.0. The fourth-order valence-corrected chi connectivity index (χ4v) is 7.78. The van der Waals surface area contributed by atoms with Crippen LogP contribution in [0.25, 0.3) is 0 Å². The Hall–Kier alpha value is -1.64. The Morgan fingerprint density at radius 1 is 0.323 bits per heavy atom. The van der Waals surface area contributed by atoms with Crippen molar-refractivity contribution in [3.05, 3.63) is 69.9 Å². The normalized spacial score (nSPS) is 14.7. The molecule has 62 heavy (non-hydrogen) atoms. The van der Waals surface area contributed by atoms with Crippen LogP contribution < -0.4 is 0 Å². The van der Waals surface area contributed by atoms with Crippen LogP contribution in [0.3, 0.4) is 0 Å². The summed E-state index contributed by atoms with van der Waals surface area (Å²) in [5.74, 6) is 5.18. The molecule has 0 aromatic heterocycles. The van der Waals surface area contributed by atoms with E-state index >= 15 is 0 Å². The number of allylic oxidation sites excluding steroid dienone is 10. The smallest absolute Gasteiger partial charge is 0.0654 e. The van der Waals surface area contributed by atoms with Gasteiger partial charge in [0.2, 0.25) is 0 Å². The summed E-state index contributed by atoms with van der Waals surface area (Å²) in [5, 5.41) is 0. The van der Waals surface area contributed by atoms with E-state index in [4.69, 9.17) is 9.47 Å². The molecule has 0 aromatic carbocycles. The van der Waals surface area contributed by atoms with Gasteiger partial charge in [-0.3, -0.25) is 0 Å². The molecule has 0 N–H and O–H groups in total. The molecule has 2 heteroatoms. The van der Waals surface area contributed by atoms with Gasteiger partial charge >= 0.3 is 0 Å². The van der Waals surface area contributed by atoms with Crippen LogP contribution in [0.2, 0.25) is 0 Å². The molecule has 4 atom stereocenters. The molecule has 0 saturated carbocycles. The molecule has 0 radical (unpaired) electrons. The molecule has 0 bridgehead atoms. The summed E-state index contributed by atoms with van der Waals surface area (Å²) in [6.45, 7) is 40.0. The van der Waals surface area contributed by atoms with Crippen LogP contribution in [0.4, 0.5) is 0 Å². The van der Waals surface area contributed by atoms with Gasteiger partial charge in [-0.15, -0.1) is 0 Å². The number of rotatable bonds is 38. The minimum absolute atomic E-state index is 0.711. The van der Waals surface area contributed by atoms with Crippen LogP contribution in [0.5, 0.6) is 0 Å². The summed E-state index contributed by atoms with van der Waals surface area (Å²) in [4.78, 5) is 0. The topological polar surface area (TPSA) is 18.5 Å². The highest BCUT2D eigenvalue weighted by atomic mass is 16.5. The Bertz CT molecular complexity index is 1110. The molecule has 4 unspecified atom stereocenters. The predicted molar refractivity (Wildman–Crippen MR) is 283 cm³/mol. The SMILES string of the molecule is CC(C)=CCC/C(C)=C/CC/C(C)=C/COC/C=C(\C)CC/C=C(\C)CCC=C(C)C.CC(C)CCCC(C)CCCC(C)CCOCCC(C)CCCC(C)CCCC(C)C. The van der Waals surface area contributed by atoms with Gasteiger partial charge in [0.05, 0.1) is 13.2 Å². The first-order valence-corrected chi connectivity index (χ1v) is 26.5. The Balaban J connectivity index is 0. The second kappa shape index (κ2) is 43.3. The molecule has 0 rings (SSSR count). The highest BCUT2D eigenvalue weighted by Crippen LogP contribution is 2.22. The van der Waals surface area contributed by atoms with E-state index in [-0.39, 0.29) is 0 Å². The molecule has 0 fully saturated rings. The minimum atomic E-state index is 0.711. The predicted octanol–water partition coefficient (Wildman–Crippen LogP) is 20.2. The van der Waals surface area contributed by atoms with Crippen molar-refractivity contribution < 1.29 is 9.47 Å². The summed E-state index contributed by atoms with van der Waals surface area (Å²) >= 11 is 0. The van der Waals surface area contributed by atoms with E-state index in [1.807, 2.05) is 0 Å². The van der Waals surface area contributed by atoms with E-state index in [2.05, 4.69) is 147 Å². The zero-order valence-corrected chi connectivity index (χ0v) is 45.1. The lowest BCUT2D eigenvalue weighted by Gasteiger charge is -2.16. The lowest BCUT2D eigenvalue weighted by molar-refractivity contribution is 0.108. The van der Waals surface area contributed by atoms with Gasteiger partial charge in [-0.1, -0.05) is 202 Å². The first-order valence-electron chi connectivity index (χ1n) is 26.5. The average molecular weight is 866 g/mol. The summed E-state index contributed by atoms with van der Waals surface area (Å²) in [7, 11) is 0. The van der Waals surface area contributed by atoms with E-state index in [1.54, 1.807) is 0 Å². The van der Waals surface area contributed by atoms with Gasteiger partial charge in [0.25, 0.3) is 0 Å². The van der Waals surface area contributed by atoms with Gasteiger partial charge < -0.3 is 9.47 Å².